The molecule has 0 aliphatic rings. The molecular formula is C17H15ClN4O. The SMILES string of the molecule is N/C(=N\N=C/c1ccccc1Cl)NC(=O)/C=C/c1ccccc1. The Labute approximate surface area is 139 Å². The monoisotopic (exact) mass is 326 g/mol. The standard InChI is InChI=1S/C17H15ClN4O/c18-15-9-5-4-8-14(15)12-20-22-17(19)21-16(23)11-10-13-6-2-1-3-7-13/h1-12H,(H3,19,21,22,23)/b11-10+,20-12-. The Balaban J connectivity index is 1.90. The zero-order chi connectivity index (χ0) is 16.5. The normalized spacial score (nSPS) is 12.0. The first kappa shape index (κ1) is 16.5. The van der Waals surface area contributed by atoms with Crippen LogP contribution in [0.25, 0.3) is 6.08 Å². The van der Waals surface area contributed by atoms with Gasteiger partial charge in [0.2, 0.25) is 5.96 Å². The minimum Gasteiger partial charge on any atom is -0.368 e. The van der Waals surface area contributed by atoms with E-state index in [9.17, 15) is 4.79 Å². The molecule has 0 aliphatic heterocycles. The lowest BCUT2D eigenvalue weighted by Crippen LogP contribution is -2.35. The van der Waals surface area contributed by atoms with Crippen molar-refractivity contribution in [2.45, 2.75) is 0 Å². The van der Waals surface area contributed by atoms with E-state index in [0.717, 1.165) is 5.56 Å². The Morgan fingerprint density at radius 2 is 1.78 bits per heavy atom. The van der Waals surface area contributed by atoms with Crippen LogP contribution >= 0.6 is 11.6 Å². The van der Waals surface area contributed by atoms with Crippen LogP contribution in [0.1, 0.15) is 11.1 Å². The molecule has 0 saturated heterocycles. The molecule has 0 bridgehead atoms. The summed E-state index contributed by atoms with van der Waals surface area (Å²) in [6, 6.07) is 16.6. The third kappa shape index (κ3) is 5.76. The second-order valence-electron chi connectivity index (χ2n) is 4.48. The number of guanidine groups is 1. The number of carbonyl (C=O) groups is 1. The number of rotatable bonds is 4. The molecule has 0 aromatic heterocycles. The summed E-state index contributed by atoms with van der Waals surface area (Å²) >= 11 is 5.97. The quantitative estimate of drug-likeness (QED) is 0.392. The summed E-state index contributed by atoms with van der Waals surface area (Å²) in [6.07, 6.45) is 4.51. The fourth-order valence-corrected chi connectivity index (χ4v) is 1.85. The Bertz CT molecular complexity index is 754. The first-order valence-corrected chi connectivity index (χ1v) is 7.18. The van der Waals surface area contributed by atoms with Crippen LogP contribution in [0.4, 0.5) is 0 Å². The Hall–Kier alpha value is -2.92. The van der Waals surface area contributed by atoms with Gasteiger partial charge in [0.1, 0.15) is 0 Å². The molecule has 0 saturated carbocycles. The van der Waals surface area contributed by atoms with Crippen molar-refractivity contribution >= 4 is 35.8 Å². The van der Waals surface area contributed by atoms with Gasteiger partial charge >= 0.3 is 0 Å². The number of benzene rings is 2. The van der Waals surface area contributed by atoms with Gasteiger partial charge < -0.3 is 5.73 Å². The highest BCUT2D eigenvalue weighted by Crippen LogP contribution is 2.12. The van der Waals surface area contributed by atoms with Crippen molar-refractivity contribution in [1.82, 2.24) is 5.32 Å². The minimum absolute atomic E-state index is 0.101. The van der Waals surface area contributed by atoms with Gasteiger partial charge in [0.25, 0.3) is 5.91 Å². The molecule has 0 atom stereocenters. The van der Waals surface area contributed by atoms with Crippen LogP contribution in [0.5, 0.6) is 0 Å². The molecule has 2 aromatic carbocycles. The molecule has 0 unspecified atom stereocenters. The summed E-state index contributed by atoms with van der Waals surface area (Å²) in [5, 5.41) is 10.4. The molecule has 2 aromatic rings. The maximum absolute atomic E-state index is 11.7. The van der Waals surface area contributed by atoms with Crippen molar-refractivity contribution < 1.29 is 4.79 Å². The van der Waals surface area contributed by atoms with Gasteiger partial charge in [0, 0.05) is 16.7 Å². The molecule has 0 fully saturated rings. The summed E-state index contributed by atoms with van der Waals surface area (Å²) in [4.78, 5) is 11.7. The van der Waals surface area contributed by atoms with E-state index < -0.39 is 0 Å². The number of carbonyl (C=O) groups excluding carboxylic acids is 1. The van der Waals surface area contributed by atoms with Gasteiger partial charge in [0.15, 0.2) is 0 Å². The van der Waals surface area contributed by atoms with E-state index in [1.165, 1.54) is 12.3 Å². The number of amides is 1. The summed E-state index contributed by atoms with van der Waals surface area (Å²) in [5.41, 5.74) is 7.20. The molecule has 5 nitrogen and oxygen atoms in total. The highest BCUT2D eigenvalue weighted by atomic mass is 35.5. The lowest BCUT2D eigenvalue weighted by atomic mass is 10.2. The first-order valence-electron chi connectivity index (χ1n) is 6.80. The Morgan fingerprint density at radius 3 is 2.52 bits per heavy atom. The molecule has 2 rings (SSSR count). The van der Waals surface area contributed by atoms with Crippen molar-refractivity contribution in [3.63, 3.8) is 0 Å². The lowest BCUT2D eigenvalue weighted by molar-refractivity contribution is -0.115. The minimum atomic E-state index is -0.386. The van der Waals surface area contributed by atoms with Crippen LogP contribution in [0, 0.1) is 0 Å². The van der Waals surface area contributed by atoms with E-state index in [4.69, 9.17) is 17.3 Å². The van der Waals surface area contributed by atoms with Gasteiger partial charge in [-0.25, -0.2) is 0 Å². The third-order valence-corrected chi connectivity index (χ3v) is 3.09. The van der Waals surface area contributed by atoms with Gasteiger partial charge in [-0.3, -0.25) is 10.1 Å². The summed E-state index contributed by atoms with van der Waals surface area (Å²) in [7, 11) is 0. The van der Waals surface area contributed by atoms with Crippen molar-refractivity contribution in [3.05, 3.63) is 76.8 Å². The molecule has 0 heterocycles. The van der Waals surface area contributed by atoms with Gasteiger partial charge in [-0.05, 0) is 17.7 Å². The zero-order valence-electron chi connectivity index (χ0n) is 12.2. The Morgan fingerprint density at radius 1 is 1.09 bits per heavy atom. The highest BCUT2D eigenvalue weighted by Gasteiger charge is 1.98. The van der Waals surface area contributed by atoms with E-state index in [1.54, 1.807) is 18.2 Å². The highest BCUT2D eigenvalue weighted by molar-refractivity contribution is 6.33. The molecule has 0 aliphatic carbocycles. The molecule has 6 heteroatoms. The summed E-state index contributed by atoms with van der Waals surface area (Å²) in [5.74, 6) is -0.487. The maximum atomic E-state index is 11.7. The maximum Gasteiger partial charge on any atom is 0.250 e. The zero-order valence-corrected chi connectivity index (χ0v) is 12.9. The largest absolute Gasteiger partial charge is 0.368 e. The summed E-state index contributed by atoms with van der Waals surface area (Å²) in [6.45, 7) is 0. The first-order chi connectivity index (χ1) is 11.1. The Kier molecular flexibility index (Phi) is 6.08. The second kappa shape index (κ2) is 8.51. The smallest absolute Gasteiger partial charge is 0.250 e. The average molecular weight is 327 g/mol. The van der Waals surface area contributed by atoms with E-state index in [1.807, 2.05) is 42.5 Å². The van der Waals surface area contributed by atoms with Gasteiger partial charge in [-0.2, -0.15) is 5.10 Å². The van der Waals surface area contributed by atoms with Crippen LogP contribution in [0.15, 0.2) is 70.9 Å². The second-order valence-corrected chi connectivity index (χ2v) is 4.89. The third-order valence-electron chi connectivity index (χ3n) is 2.75. The number of nitrogens with one attached hydrogen (secondary N) is 1. The van der Waals surface area contributed by atoms with Crippen LogP contribution in [-0.4, -0.2) is 18.1 Å². The van der Waals surface area contributed by atoms with Crippen LogP contribution < -0.4 is 11.1 Å². The van der Waals surface area contributed by atoms with Crippen molar-refractivity contribution in [1.29, 1.82) is 0 Å². The summed E-state index contributed by atoms with van der Waals surface area (Å²) < 4.78 is 0. The van der Waals surface area contributed by atoms with Crippen LogP contribution in [0.2, 0.25) is 5.02 Å². The molecule has 0 radical (unpaired) electrons. The molecular weight excluding hydrogens is 312 g/mol. The molecule has 23 heavy (non-hydrogen) atoms. The predicted molar refractivity (Wildman–Crippen MR) is 94.3 cm³/mol. The van der Waals surface area contributed by atoms with Gasteiger partial charge in [-0.15, -0.1) is 5.10 Å². The van der Waals surface area contributed by atoms with Crippen molar-refractivity contribution in [3.8, 4) is 0 Å². The number of halogens is 1. The molecule has 1 amide bonds. The molecule has 116 valence electrons. The van der Waals surface area contributed by atoms with Crippen LogP contribution in [0.3, 0.4) is 0 Å². The van der Waals surface area contributed by atoms with Crippen LogP contribution in [-0.2, 0) is 4.79 Å². The van der Waals surface area contributed by atoms with E-state index >= 15 is 0 Å². The van der Waals surface area contributed by atoms with Crippen molar-refractivity contribution in [2.75, 3.05) is 0 Å². The topological polar surface area (TPSA) is 79.8 Å². The number of hydrogen-bond acceptors (Lipinski definition) is 3. The number of nitrogens with two attached hydrogens (primary N) is 1. The fourth-order valence-electron chi connectivity index (χ4n) is 1.66. The predicted octanol–water partition coefficient (Wildman–Crippen LogP) is 2.82. The number of hydrogen-bond donors (Lipinski definition) is 2. The molecule has 0 spiro atoms. The molecule has 3 N–H and O–H groups in total. The van der Waals surface area contributed by atoms with E-state index in [2.05, 4.69) is 15.5 Å². The van der Waals surface area contributed by atoms with E-state index in [-0.39, 0.29) is 11.9 Å². The van der Waals surface area contributed by atoms with E-state index in [0.29, 0.717) is 10.6 Å². The fraction of sp³-hybridized carbons (Fsp3) is 0. The van der Waals surface area contributed by atoms with Crippen molar-refractivity contribution in [2.24, 2.45) is 15.9 Å². The van der Waals surface area contributed by atoms with Gasteiger partial charge in [-0.1, -0.05) is 60.1 Å². The lowest BCUT2D eigenvalue weighted by Gasteiger charge is -1.98. The van der Waals surface area contributed by atoms with Gasteiger partial charge in [0.05, 0.1) is 6.21 Å². The number of nitrogens with zero attached hydrogens (tertiary/aromatic N) is 2. The average Bonchev–Trinajstić information content (AvgIpc) is 2.56.